The van der Waals surface area contributed by atoms with E-state index in [2.05, 4.69) is 4.98 Å². The number of nitrogens with zero attached hydrogens (tertiary/aromatic N) is 2. The molecule has 0 radical (unpaired) electrons. The van der Waals surface area contributed by atoms with Crippen LogP contribution >= 0.6 is 0 Å². The van der Waals surface area contributed by atoms with E-state index in [-0.39, 0.29) is 5.75 Å². The fourth-order valence-corrected chi connectivity index (χ4v) is 2.26. The van der Waals surface area contributed by atoms with Crippen LogP contribution in [0.15, 0.2) is 18.2 Å². The molecule has 0 fully saturated rings. The number of aryl methyl sites for hydroxylation is 2. The SMILES string of the molecule is Cc1ccc2c(c1)nc(N)n2CCS(C)(=O)=O. The highest BCUT2D eigenvalue weighted by Crippen LogP contribution is 2.19. The number of nitrogen functional groups attached to an aromatic ring is 1. The Bertz CT molecular complexity index is 659. The predicted octanol–water partition coefficient (Wildman–Crippen LogP) is 0.972. The lowest BCUT2D eigenvalue weighted by Crippen LogP contribution is -2.12. The van der Waals surface area contributed by atoms with Gasteiger partial charge in [-0.05, 0) is 24.6 Å². The van der Waals surface area contributed by atoms with Crippen molar-refractivity contribution < 1.29 is 8.42 Å². The first-order valence-electron chi connectivity index (χ1n) is 5.27. The van der Waals surface area contributed by atoms with Crippen LogP contribution in [-0.2, 0) is 16.4 Å². The van der Waals surface area contributed by atoms with Gasteiger partial charge in [0.1, 0.15) is 9.84 Å². The molecule has 1 aromatic carbocycles. The number of fused-ring (bicyclic) bond motifs is 1. The summed E-state index contributed by atoms with van der Waals surface area (Å²) in [5, 5.41) is 0. The number of benzene rings is 1. The summed E-state index contributed by atoms with van der Waals surface area (Å²) in [6.45, 7) is 2.31. The lowest BCUT2D eigenvalue weighted by Gasteiger charge is -2.05. The zero-order chi connectivity index (χ0) is 12.6. The molecule has 0 atom stereocenters. The maximum Gasteiger partial charge on any atom is 0.201 e. The van der Waals surface area contributed by atoms with Gasteiger partial charge in [-0.25, -0.2) is 13.4 Å². The predicted molar refractivity (Wildman–Crippen MR) is 68.6 cm³/mol. The molecule has 0 saturated carbocycles. The molecule has 2 N–H and O–H groups in total. The molecule has 0 aliphatic heterocycles. The summed E-state index contributed by atoms with van der Waals surface area (Å²) < 4.78 is 24.0. The number of rotatable bonds is 3. The van der Waals surface area contributed by atoms with E-state index in [0.717, 1.165) is 16.6 Å². The molecule has 0 unspecified atom stereocenters. The smallest absolute Gasteiger partial charge is 0.201 e. The average molecular weight is 253 g/mol. The topological polar surface area (TPSA) is 78.0 Å². The summed E-state index contributed by atoms with van der Waals surface area (Å²) >= 11 is 0. The summed E-state index contributed by atoms with van der Waals surface area (Å²) in [4.78, 5) is 4.22. The lowest BCUT2D eigenvalue weighted by atomic mass is 10.2. The van der Waals surface area contributed by atoms with Crippen LogP contribution in [0.2, 0.25) is 0 Å². The van der Waals surface area contributed by atoms with Crippen molar-refractivity contribution in [3.8, 4) is 0 Å². The highest BCUT2D eigenvalue weighted by atomic mass is 32.2. The summed E-state index contributed by atoms with van der Waals surface area (Å²) in [5.41, 5.74) is 8.57. The Labute approximate surface area is 100 Å². The summed E-state index contributed by atoms with van der Waals surface area (Å²) in [6.07, 6.45) is 1.21. The van der Waals surface area contributed by atoms with Crippen LogP contribution in [0, 0.1) is 6.92 Å². The van der Waals surface area contributed by atoms with Crippen molar-refractivity contribution in [3.63, 3.8) is 0 Å². The fourth-order valence-electron chi connectivity index (χ4n) is 1.75. The van der Waals surface area contributed by atoms with E-state index in [0.29, 0.717) is 12.5 Å². The second-order valence-electron chi connectivity index (χ2n) is 4.24. The minimum absolute atomic E-state index is 0.0660. The highest BCUT2D eigenvalue weighted by Gasteiger charge is 2.10. The Hall–Kier alpha value is -1.56. The molecule has 17 heavy (non-hydrogen) atoms. The third kappa shape index (κ3) is 2.58. The van der Waals surface area contributed by atoms with Gasteiger partial charge in [0.25, 0.3) is 0 Å². The van der Waals surface area contributed by atoms with Crippen LogP contribution in [0.1, 0.15) is 5.56 Å². The Balaban J connectivity index is 2.43. The normalized spacial score (nSPS) is 12.1. The molecule has 0 amide bonds. The van der Waals surface area contributed by atoms with Crippen LogP contribution in [0.3, 0.4) is 0 Å². The van der Waals surface area contributed by atoms with Gasteiger partial charge in [0.05, 0.1) is 16.8 Å². The van der Waals surface area contributed by atoms with Crippen LogP contribution in [0.4, 0.5) is 5.95 Å². The van der Waals surface area contributed by atoms with Gasteiger partial charge in [-0.2, -0.15) is 0 Å². The van der Waals surface area contributed by atoms with Crippen molar-refractivity contribution >= 4 is 26.8 Å². The quantitative estimate of drug-likeness (QED) is 0.884. The molecule has 0 bridgehead atoms. The minimum atomic E-state index is -3.00. The molecule has 5 nitrogen and oxygen atoms in total. The van der Waals surface area contributed by atoms with E-state index in [9.17, 15) is 8.42 Å². The first-order chi connectivity index (χ1) is 7.87. The van der Waals surface area contributed by atoms with Crippen molar-refractivity contribution in [2.75, 3.05) is 17.7 Å². The van der Waals surface area contributed by atoms with E-state index in [4.69, 9.17) is 5.73 Å². The third-order valence-electron chi connectivity index (χ3n) is 2.62. The van der Waals surface area contributed by atoms with Crippen LogP contribution < -0.4 is 5.73 Å². The molecule has 0 saturated heterocycles. The van der Waals surface area contributed by atoms with E-state index < -0.39 is 9.84 Å². The van der Waals surface area contributed by atoms with E-state index in [1.165, 1.54) is 6.26 Å². The zero-order valence-corrected chi connectivity index (χ0v) is 10.7. The lowest BCUT2D eigenvalue weighted by molar-refractivity contribution is 0.596. The number of imidazole rings is 1. The standard InChI is InChI=1S/C11H15N3O2S/c1-8-3-4-10-9(7-8)13-11(12)14(10)5-6-17(2,15)16/h3-4,7H,5-6H2,1-2H3,(H2,12,13). The van der Waals surface area contributed by atoms with E-state index in [1.807, 2.05) is 25.1 Å². The van der Waals surface area contributed by atoms with Crippen LogP contribution in [0.25, 0.3) is 11.0 Å². The van der Waals surface area contributed by atoms with Crippen molar-refractivity contribution in [2.24, 2.45) is 0 Å². The largest absolute Gasteiger partial charge is 0.369 e. The van der Waals surface area contributed by atoms with Crippen LogP contribution in [-0.4, -0.2) is 30.0 Å². The summed E-state index contributed by atoms with van der Waals surface area (Å²) in [7, 11) is -3.00. The second kappa shape index (κ2) is 4.03. The molecule has 0 spiro atoms. The van der Waals surface area contributed by atoms with Crippen molar-refractivity contribution in [1.82, 2.24) is 9.55 Å². The van der Waals surface area contributed by atoms with Gasteiger partial charge in [0.15, 0.2) is 0 Å². The molecule has 0 aliphatic carbocycles. The molecular weight excluding hydrogens is 238 g/mol. The molecule has 6 heteroatoms. The number of nitrogens with two attached hydrogens (primary N) is 1. The minimum Gasteiger partial charge on any atom is -0.369 e. The molecule has 2 aromatic rings. The maximum absolute atomic E-state index is 11.2. The van der Waals surface area contributed by atoms with Gasteiger partial charge < -0.3 is 10.3 Å². The molecular formula is C11H15N3O2S. The van der Waals surface area contributed by atoms with Gasteiger partial charge in [-0.3, -0.25) is 0 Å². The monoisotopic (exact) mass is 253 g/mol. The highest BCUT2D eigenvalue weighted by molar-refractivity contribution is 7.90. The average Bonchev–Trinajstić information content (AvgIpc) is 2.48. The molecule has 1 heterocycles. The number of aromatic nitrogens is 2. The number of hydrogen-bond donors (Lipinski definition) is 1. The second-order valence-corrected chi connectivity index (χ2v) is 6.50. The van der Waals surface area contributed by atoms with Gasteiger partial charge in [-0.1, -0.05) is 6.07 Å². The van der Waals surface area contributed by atoms with Crippen LogP contribution in [0.5, 0.6) is 0 Å². The third-order valence-corrected chi connectivity index (χ3v) is 3.54. The first kappa shape index (κ1) is 11.9. The summed E-state index contributed by atoms with van der Waals surface area (Å²) in [5.74, 6) is 0.422. The maximum atomic E-state index is 11.2. The van der Waals surface area contributed by atoms with Gasteiger partial charge >= 0.3 is 0 Å². The Morgan fingerprint density at radius 3 is 2.76 bits per heavy atom. The van der Waals surface area contributed by atoms with Gasteiger partial charge in [0.2, 0.25) is 5.95 Å². The molecule has 2 rings (SSSR count). The fraction of sp³-hybridized carbons (Fsp3) is 0.364. The number of anilines is 1. The van der Waals surface area contributed by atoms with E-state index >= 15 is 0 Å². The number of hydrogen-bond acceptors (Lipinski definition) is 4. The summed E-state index contributed by atoms with van der Waals surface area (Å²) in [6, 6.07) is 5.80. The first-order valence-corrected chi connectivity index (χ1v) is 7.33. The van der Waals surface area contributed by atoms with Crippen molar-refractivity contribution in [2.45, 2.75) is 13.5 Å². The molecule has 92 valence electrons. The zero-order valence-electron chi connectivity index (χ0n) is 9.84. The Morgan fingerprint density at radius 2 is 2.12 bits per heavy atom. The van der Waals surface area contributed by atoms with Crippen molar-refractivity contribution in [1.29, 1.82) is 0 Å². The Kier molecular flexibility index (Phi) is 2.82. The van der Waals surface area contributed by atoms with E-state index in [1.54, 1.807) is 4.57 Å². The van der Waals surface area contributed by atoms with Gasteiger partial charge in [-0.15, -0.1) is 0 Å². The Morgan fingerprint density at radius 1 is 1.41 bits per heavy atom. The molecule has 0 aliphatic rings. The van der Waals surface area contributed by atoms with Crippen molar-refractivity contribution in [3.05, 3.63) is 23.8 Å². The van der Waals surface area contributed by atoms with Gasteiger partial charge in [0, 0.05) is 12.8 Å². The number of sulfone groups is 1. The molecule has 1 aromatic heterocycles.